The summed E-state index contributed by atoms with van der Waals surface area (Å²) in [6, 6.07) is 3.01. The number of pyridine rings is 1. The molecule has 2 atom stereocenters. The molecule has 1 amide bonds. The average molecular weight is 439 g/mol. The number of hydrogen-bond acceptors (Lipinski definition) is 6. The Balaban J connectivity index is 1.73. The average Bonchev–Trinajstić information content (AvgIpc) is 3.11. The summed E-state index contributed by atoms with van der Waals surface area (Å²) in [6.07, 6.45) is -2.40. The third-order valence-corrected chi connectivity index (χ3v) is 5.57. The quantitative estimate of drug-likeness (QED) is 0.675. The summed E-state index contributed by atoms with van der Waals surface area (Å²) < 4.78 is 47.2. The number of nitrogens with zero attached hydrogens (tertiary/aromatic N) is 3. The summed E-state index contributed by atoms with van der Waals surface area (Å²) in [5.41, 5.74) is -3.59. The van der Waals surface area contributed by atoms with Gasteiger partial charge in [-0.05, 0) is 45.2 Å². The molecule has 31 heavy (non-hydrogen) atoms. The molecule has 0 radical (unpaired) electrons. The van der Waals surface area contributed by atoms with Gasteiger partial charge in [-0.25, -0.2) is 4.98 Å². The highest BCUT2D eigenvalue weighted by Gasteiger charge is 2.61. The van der Waals surface area contributed by atoms with E-state index in [4.69, 9.17) is 4.74 Å². The van der Waals surface area contributed by atoms with E-state index in [9.17, 15) is 23.1 Å². The van der Waals surface area contributed by atoms with Crippen LogP contribution in [0, 0.1) is 0 Å². The molecule has 0 spiro atoms. The second kappa shape index (κ2) is 7.70. The number of aromatic nitrogens is 3. The standard InChI is InChI=1S/C20H24F3N5O3/c1-11(2)31-12-6-7-14(24-10-12)28-8-4-3-5-13(28)17-16-18(27-26-17)25-15(29)9-19(16,30)20(21,22)23/h6-7,10-11,13,30H,3-5,8-9H2,1-2H3,(H2,25,26,27,29)/t13?,19-/m0/s1. The van der Waals surface area contributed by atoms with Crippen molar-refractivity contribution in [2.45, 2.75) is 63.5 Å². The van der Waals surface area contributed by atoms with Crippen molar-refractivity contribution in [1.29, 1.82) is 0 Å². The molecule has 3 N–H and O–H groups in total. The zero-order valence-electron chi connectivity index (χ0n) is 17.2. The molecule has 0 aliphatic carbocycles. The van der Waals surface area contributed by atoms with Gasteiger partial charge in [0.2, 0.25) is 5.91 Å². The molecule has 1 unspecified atom stereocenters. The van der Waals surface area contributed by atoms with Gasteiger partial charge in [0.05, 0.1) is 36.0 Å². The van der Waals surface area contributed by atoms with Crippen molar-refractivity contribution < 1.29 is 27.8 Å². The predicted octanol–water partition coefficient (Wildman–Crippen LogP) is 3.42. The molecule has 0 aromatic carbocycles. The molecule has 8 nitrogen and oxygen atoms in total. The number of anilines is 2. The number of aromatic amines is 1. The first-order chi connectivity index (χ1) is 14.6. The van der Waals surface area contributed by atoms with Crippen LogP contribution >= 0.6 is 0 Å². The van der Waals surface area contributed by atoms with Gasteiger partial charge in [-0.3, -0.25) is 9.89 Å². The maximum atomic E-state index is 13.9. The molecule has 0 bridgehead atoms. The molecule has 0 saturated carbocycles. The number of piperidine rings is 1. The van der Waals surface area contributed by atoms with E-state index in [1.807, 2.05) is 18.7 Å². The summed E-state index contributed by atoms with van der Waals surface area (Å²) in [5.74, 6) is -0.0431. The van der Waals surface area contributed by atoms with Crippen molar-refractivity contribution in [2.75, 3.05) is 16.8 Å². The number of H-pyrrole nitrogens is 1. The van der Waals surface area contributed by atoms with Crippen molar-refractivity contribution in [1.82, 2.24) is 15.2 Å². The van der Waals surface area contributed by atoms with Crippen molar-refractivity contribution >= 4 is 17.5 Å². The summed E-state index contributed by atoms with van der Waals surface area (Å²) in [6.45, 7) is 4.37. The number of aliphatic hydroxyl groups is 1. The van der Waals surface area contributed by atoms with E-state index in [0.717, 1.165) is 12.8 Å². The molecule has 1 saturated heterocycles. The molecule has 2 aromatic heterocycles. The van der Waals surface area contributed by atoms with Crippen molar-refractivity contribution in [3.63, 3.8) is 0 Å². The first kappa shape index (κ1) is 21.4. The van der Waals surface area contributed by atoms with Crippen LogP contribution in [0.25, 0.3) is 0 Å². The molecule has 4 heterocycles. The SMILES string of the molecule is CC(C)Oc1ccc(N2CCCCC2c2[nH]nc3c2[C@](O)(C(F)(F)F)CC(=O)N3)nc1. The number of nitrogens with one attached hydrogen (secondary N) is 2. The normalized spacial score (nSPS) is 24.2. The Hall–Kier alpha value is -2.82. The van der Waals surface area contributed by atoms with Gasteiger partial charge in [-0.15, -0.1) is 0 Å². The van der Waals surface area contributed by atoms with Crippen LogP contribution in [0.15, 0.2) is 18.3 Å². The highest BCUT2D eigenvalue weighted by molar-refractivity contribution is 5.94. The zero-order chi connectivity index (χ0) is 22.4. The predicted molar refractivity (Wildman–Crippen MR) is 106 cm³/mol. The zero-order valence-corrected chi connectivity index (χ0v) is 17.2. The first-order valence-electron chi connectivity index (χ1n) is 10.2. The fourth-order valence-corrected chi connectivity index (χ4v) is 4.23. The minimum Gasteiger partial charge on any atom is -0.489 e. The largest absolute Gasteiger partial charge is 0.489 e. The van der Waals surface area contributed by atoms with Gasteiger partial charge in [-0.1, -0.05) is 0 Å². The third-order valence-electron chi connectivity index (χ3n) is 5.57. The molecular weight excluding hydrogens is 415 g/mol. The van der Waals surface area contributed by atoms with Crippen molar-refractivity contribution in [2.24, 2.45) is 0 Å². The molecule has 2 aliphatic rings. The molecular formula is C20H24F3N5O3. The Morgan fingerprint density at radius 3 is 2.74 bits per heavy atom. The Bertz CT molecular complexity index is 960. The van der Waals surface area contributed by atoms with Gasteiger partial charge >= 0.3 is 6.18 Å². The number of amides is 1. The van der Waals surface area contributed by atoms with Gasteiger partial charge in [0.15, 0.2) is 11.4 Å². The number of alkyl halides is 3. The number of halogens is 3. The Morgan fingerprint density at radius 1 is 1.32 bits per heavy atom. The lowest BCUT2D eigenvalue weighted by Crippen LogP contribution is -2.49. The van der Waals surface area contributed by atoms with Crippen LogP contribution in [0.1, 0.15) is 56.8 Å². The molecule has 2 aromatic rings. The van der Waals surface area contributed by atoms with E-state index < -0.39 is 35.7 Å². The minimum atomic E-state index is -5.04. The summed E-state index contributed by atoms with van der Waals surface area (Å²) in [7, 11) is 0. The van der Waals surface area contributed by atoms with E-state index in [1.165, 1.54) is 0 Å². The van der Waals surface area contributed by atoms with Gasteiger partial charge in [-0.2, -0.15) is 18.3 Å². The lowest BCUT2D eigenvalue weighted by Gasteiger charge is -2.39. The Kier molecular flexibility index (Phi) is 5.32. The molecule has 1 fully saturated rings. The van der Waals surface area contributed by atoms with Crippen LogP contribution in [0.2, 0.25) is 0 Å². The van der Waals surface area contributed by atoms with Gasteiger partial charge < -0.3 is 20.1 Å². The molecule has 168 valence electrons. The van der Waals surface area contributed by atoms with Crippen molar-refractivity contribution in [3.05, 3.63) is 29.6 Å². The van der Waals surface area contributed by atoms with E-state index in [0.29, 0.717) is 24.5 Å². The van der Waals surface area contributed by atoms with Crippen LogP contribution in [-0.4, -0.2) is 45.0 Å². The van der Waals surface area contributed by atoms with E-state index in [1.54, 1.807) is 18.3 Å². The lowest BCUT2D eigenvalue weighted by molar-refractivity contribution is -0.267. The Morgan fingerprint density at radius 2 is 2.10 bits per heavy atom. The fourth-order valence-electron chi connectivity index (χ4n) is 4.23. The van der Waals surface area contributed by atoms with Crippen molar-refractivity contribution in [3.8, 4) is 5.75 Å². The van der Waals surface area contributed by atoms with Gasteiger partial charge in [0.1, 0.15) is 11.6 Å². The number of fused-ring (bicyclic) bond motifs is 1. The topological polar surface area (TPSA) is 103 Å². The number of carbonyl (C=O) groups is 1. The van der Waals surface area contributed by atoms with Crippen LogP contribution in [-0.2, 0) is 10.4 Å². The van der Waals surface area contributed by atoms with E-state index in [2.05, 4.69) is 20.5 Å². The smallest absolute Gasteiger partial charge is 0.422 e. The summed E-state index contributed by atoms with van der Waals surface area (Å²) >= 11 is 0. The second-order valence-electron chi connectivity index (χ2n) is 8.17. The maximum absolute atomic E-state index is 13.9. The maximum Gasteiger partial charge on any atom is 0.422 e. The first-order valence-corrected chi connectivity index (χ1v) is 10.2. The number of rotatable bonds is 4. The van der Waals surface area contributed by atoms with Crippen LogP contribution in [0.5, 0.6) is 5.75 Å². The molecule has 11 heteroatoms. The van der Waals surface area contributed by atoms with Gasteiger partial charge in [0, 0.05) is 6.54 Å². The van der Waals surface area contributed by atoms with E-state index >= 15 is 0 Å². The lowest BCUT2D eigenvalue weighted by atomic mass is 9.83. The fraction of sp³-hybridized carbons (Fsp3) is 0.550. The van der Waals surface area contributed by atoms with Gasteiger partial charge in [0.25, 0.3) is 0 Å². The number of hydrogen-bond donors (Lipinski definition) is 3. The third kappa shape index (κ3) is 3.82. The monoisotopic (exact) mass is 439 g/mol. The van der Waals surface area contributed by atoms with E-state index in [-0.39, 0.29) is 17.6 Å². The highest BCUT2D eigenvalue weighted by atomic mass is 19.4. The number of ether oxygens (including phenoxy) is 1. The van der Waals surface area contributed by atoms with Crippen LogP contribution < -0.4 is 15.0 Å². The minimum absolute atomic E-state index is 0.0119. The summed E-state index contributed by atoms with van der Waals surface area (Å²) in [4.78, 5) is 18.1. The van der Waals surface area contributed by atoms with Crippen LogP contribution in [0.4, 0.5) is 24.8 Å². The Labute approximate surface area is 176 Å². The highest BCUT2D eigenvalue weighted by Crippen LogP contribution is 2.50. The molecule has 2 aliphatic heterocycles. The summed E-state index contributed by atoms with van der Waals surface area (Å²) in [5, 5.41) is 19.5. The van der Waals surface area contributed by atoms with Crippen LogP contribution in [0.3, 0.4) is 0 Å². The second-order valence-corrected chi connectivity index (χ2v) is 8.17. The number of carbonyl (C=O) groups excluding carboxylic acids is 1. The molecule has 4 rings (SSSR count).